The molecule has 0 saturated heterocycles. The Labute approximate surface area is 158 Å². The molecule has 0 fully saturated rings. The van der Waals surface area contributed by atoms with Crippen LogP contribution in [-0.2, 0) is 11.2 Å². The molecule has 126 valence electrons. The smallest absolute Gasteiger partial charge is 0.230 e. The summed E-state index contributed by atoms with van der Waals surface area (Å²) in [6.07, 6.45) is 2.33. The van der Waals surface area contributed by atoms with Crippen LogP contribution in [0.2, 0.25) is 0 Å². The zero-order chi connectivity index (χ0) is 26.3. The van der Waals surface area contributed by atoms with Gasteiger partial charge in [-0.15, -0.1) is 0 Å². The maximum Gasteiger partial charge on any atom is 0.230 e. The van der Waals surface area contributed by atoms with Crippen molar-refractivity contribution in [3.8, 4) is 0 Å². The molecule has 0 spiro atoms. The molecule has 0 saturated carbocycles. The number of amides is 1. The molecule has 4 nitrogen and oxygen atoms in total. The van der Waals surface area contributed by atoms with Gasteiger partial charge in [0.1, 0.15) is 0 Å². The summed E-state index contributed by atoms with van der Waals surface area (Å²) in [5.41, 5.74) is 3.04. The van der Waals surface area contributed by atoms with Gasteiger partial charge in [0.15, 0.2) is 0 Å². The Bertz CT molecular complexity index is 1190. The number of rotatable bonds is 3. The lowest BCUT2D eigenvalue weighted by molar-refractivity contribution is -0.134. The number of benzene rings is 1. The summed E-state index contributed by atoms with van der Waals surface area (Å²) < 4.78 is 86.1. The summed E-state index contributed by atoms with van der Waals surface area (Å²) in [6.45, 7) is -14.2. The molecular weight excluding hydrogens is 298 g/mol. The molecule has 1 aromatic carbocycles. The zero-order valence-electron chi connectivity index (χ0n) is 24.2. The summed E-state index contributed by atoms with van der Waals surface area (Å²) in [5, 5.41) is 0.828. The van der Waals surface area contributed by atoms with E-state index in [2.05, 4.69) is 4.98 Å². The number of aromatic nitrogens is 1. The molecule has 1 aliphatic heterocycles. The second-order valence-corrected chi connectivity index (χ2v) is 6.24. The molecule has 1 aromatic heterocycles. The number of likely N-dealkylation sites (N-methyl/N-ethyl adjacent to an activating group) is 1. The van der Waals surface area contributed by atoms with Gasteiger partial charge in [-0.05, 0) is 49.9 Å². The highest BCUT2D eigenvalue weighted by atomic mass is 16.2. The summed E-state index contributed by atoms with van der Waals surface area (Å²) >= 11 is 0. The van der Waals surface area contributed by atoms with Gasteiger partial charge in [0.2, 0.25) is 5.91 Å². The lowest BCUT2D eigenvalue weighted by Gasteiger charge is -2.40. The highest BCUT2D eigenvalue weighted by Crippen LogP contribution is 2.40. The predicted molar refractivity (Wildman–Crippen MR) is 97.8 cm³/mol. The Kier molecular flexibility index (Phi) is 1.79. The first-order valence-corrected chi connectivity index (χ1v) is 7.76. The Morgan fingerprint density at radius 2 is 2.33 bits per heavy atom. The van der Waals surface area contributed by atoms with Gasteiger partial charge in [-0.1, -0.05) is 18.2 Å². The van der Waals surface area contributed by atoms with Crippen molar-refractivity contribution in [2.45, 2.75) is 26.2 Å². The highest BCUT2D eigenvalue weighted by Gasteiger charge is 2.36. The molecule has 0 radical (unpaired) electrons. The number of H-pyrrole nitrogens is 1. The molecule has 2 heterocycles. The van der Waals surface area contributed by atoms with Crippen LogP contribution in [0.5, 0.6) is 0 Å². The number of hydrogen-bond donors (Lipinski definition) is 1. The maximum atomic E-state index is 13.6. The third kappa shape index (κ3) is 2.20. The van der Waals surface area contributed by atoms with Crippen LogP contribution >= 0.6 is 0 Å². The second-order valence-electron chi connectivity index (χ2n) is 6.24. The van der Waals surface area contributed by atoms with Crippen molar-refractivity contribution in [1.82, 2.24) is 14.8 Å². The Morgan fingerprint density at radius 3 is 3.12 bits per heavy atom. The van der Waals surface area contributed by atoms with Gasteiger partial charge in [-0.2, -0.15) is 0 Å². The Balaban J connectivity index is 1.86. The molecule has 1 amide bonds. The number of aromatic amines is 1. The van der Waals surface area contributed by atoms with Crippen molar-refractivity contribution in [2.75, 3.05) is 26.6 Å². The molecule has 0 bridgehead atoms. The largest absolute Gasteiger partial charge is 0.361 e. The first kappa shape index (κ1) is 7.44. The molecule has 2 atom stereocenters. The van der Waals surface area contributed by atoms with E-state index in [0.717, 1.165) is 22.0 Å². The number of carbonyl (C=O) groups is 1. The van der Waals surface area contributed by atoms with Crippen LogP contribution in [0.3, 0.4) is 0 Å². The molecule has 2 aliphatic rings. The highest BCUT2D eigenvalue weighted by molar-refractivity contribution is 5.99. The first-order valence-electron chi connectivity index (χ1n) is 13.3. The fourth-order valence-corrected chi connectivity index (χ4v) is 3.82. The van der Waals surface area contributed by atoms with E-state index in [1.165, 1.54) is 0 Å². The van der Waals surface area contributed by atoms with Gasteiger partial charge >= 0.3 is 0 Å². The summed E-state index contributed by atoms with van der Waals surface area (Å²) in [5.74, 6) is -2.47. The van der Waals surface area contributed by atoms with Gasteiger partial charge in [-0.3, -0.25) is 9.69 Å². The number of hydrogen-bond acceptors (Lipinski definition) is 2. The van der Waals surface area contributed by atoms with Gasteiger partial charge in [0, 0.05) is 56.4 Å². The van der Waals surface area contributed by atoms with Crippen molar-refractivity contribution in [3.63, 3.8) is 0 Å². The summed E-state index contributed by atoms with van der Waals surface area (Å²) in [7, 11) is 1.72. The molecule has 0 unspecified atom stereocenters. The van der Waals surface area contributed by atoms with Crippen LogP contribution in [0, 0.1) is 5.92 Å². The lowest BCUT2D eigenvalue weighted by atomic mass is 9.79. The van der Waals surface area contributed by atoms with Gasteiger partial charge in [0.25, 0.3) is 0 Å². The standard InChI is InChI=1S/C20H25N3O/c1-4-23(5-2)20(24)14-9-16-15-7-6-8-17-19(15)13(11-21-17)10-18(16)22(3)12-14/h6-9,11,14,18,21H,4-5,10,12H2,1-3H3/t14-,18-/m1/s1/i1D3,2D3,4D2,5D2,11D. The predicted octanol–water partition coefficient (Wildman–Crippen LogP) is 2.91. The fourth-order valence-electron chi connectivity index (χ4n) is 3.82. The number of carbonyl (C=O) groups excluding carboxylic acids is 1. The van der Waals surface area contributed by atoms with E-state index in [0.29, 0.717) is 18.2 Å². The monoisotopic (exact) mass is 334 g/mol. The van der Waals surface area contributed by atoms with E-state index in [1.807, 2.05) is 12.1 Å². The van der Waals surface area contributed by atoms with Gasteiger partial charge in [0.05, 0.1) is 7.29 Å². The van der Waals surface area contributed by atoms with Crippen molar-refractivity contribution < 1.29 is 19.9 Å². The SMILES string of the molecule is [2H]c1[nH]c2cccc3c2c1C[C@@H]1C3=C[C@@H](C(=O)N(C([2H])([2H])C([2H])([2H])[2H])C([2H])([2H])C([2H])([2H])[2H])CN1C. The van der Waals surface area contributed by atoms with Crippen molar-refractivity contribution >= 4 is 22.4 Å². The van der Waals surface area contributed by atoms with Crippen molar-refractivity contribution in [3.05, 3.63) is 41.6 Å². The van der Waals surface area contributed by atoms with E-state index in [9.17, 15) is 4.79 Å². The molecular formula is C20H25N3O. The van der Waals surface area contributed by atoms with Gasteiger partial charge in [-0.25, -0.2) is 0 Å². The summed E-state index contributed by atoms with van der Waals surface area (Å²) in [4.78, 5) is 18.2. The van der Waals surface area contributed by atoms with E-state index in [4.69, 9.17) is 15.1 Å². The minimum Gasteiger partial charge on any atom is -0.361 e. The molecule has 4 heteroatoms. The number of fused-ring (bicyclic) bond motifs is 2. The zero-order valence-corrected chi connectivity index (χ0v) is 13.2. The van der Waals surface area contributed by atoms with Crippen LogP contribution in [0.4, 0.5) is 0 Å². The summed E-state index contributed by atoms with van der Waals surface area (Å²) in [6, 6.07) is 5.23. The maximum absolute atomic E-state index is 13.6. The number of nitrogens with zero attached hydrogens (tertiary/aromatic N) is 2. The Morgan fingerprint density at radius 1 is 1.50 bits per heavy atom. The molecule has 4 rings (SSSR count). The van der Waals surface area contributed by atoms with Crippen LogP contribution in [-0.4, -0.2) is 53.3 Å². The van der Waals surface area contributed by atoms with E-state index in [1.54, 1.807) is 24.1 Å². The quantitative estimate of drug-likeness (QED) is 0.937. The van der Waals surface area contributed by atoms with Crippen LogP contribution in [0.15, 0.2) is 30.4 Å². The number of nitrogens with one attached hydrogen (secondary N) is 1. The molecule has 1 N–H and O–H groups in total. The minimum atomic E-state index is -3.59. The fraction of sp³-hybridized carbons (Fsp3) is 0.450. The second kappa shape index (κ2) is 5.78. The lowest BCUT2D eigenvalue weighted by Crippen LogP contribution is -2.47. The van der Waals surface area contributed by atoms with Crippen molar-refractivity contribution in [2.24, 2.45) is 5.92 Å². The average Bonchev–Trinajstić information content (AvgIpc) is 3.03. The van der Waals surface area contributed by atoms with Crippen molar-refractivity contribution in [1.29, 1.82) is 0 Å². The third-order valence-corrected chi connectivity index (χ3v) is 4.94. The Hall–Kier alpha value is -2.07. The molecule has 2 aromatic rings. The first-order chi connectivity index (χ1) is 15.9. The van der Waals surface area contributed by atoms with Crippen LogP contribution in [0.25, 0.3) is 16.5 Å². The average molecular weight is 335 g/mol. The van der Waals surface area contributed by atoms with E-state index >= 15 is 0 Å². The third-order valence-electron chi connectivity index (χ3n) is 4.94. The van der Waals surface area contributed by atoms with E-state index in [-0.39, 0.29) is 17.5 Å². The molecule has 1 aliphatic carbocycles. The topological polar surface area (TPSA) is 39.3 Å². The normalized spacial score (nSPS) is 32.0. The van der Waals surface area contributed by atoms with Crippen LogP contribution < -0.4 is 0 Å². The minimum absolute atomic E-state index is 0.0132. The van der Waals surface area contributed by atoms with Crippen LogP contribution in [0.1, 0.15) is 39.9 Å². The van der Waals surface area contributed by atoms with Gasteiger partial charge < -0.3 is 9.88 Å². The molecule has 24 heavy (non-hydrogen) atoms. The van der Waals surface area contributed by atoms with E-state index < -0.39 is 38.5 Å².